The zero-order valence-corrected chi connectivity index (χ0v) is 23.9. The van der Waals surface area contributed by atoms with Gasteiger partial charge in [0.15, 0.2) is 17.3 Å². The van der Waals surface area contributed by atoms with Crippen molar-refractivity contribution in [2.75, 3.05) is 27.9 Å². The van der Waals surface area contributed by atoms with Gasteiger partial charge < -0.3 is 24.3 Å². The number of carbonyl (C=O) groups excluding carboxylic acids is 2. The highest BCUT2D eigenvalue weighted by Gasteiger charge is 2.42. The predicted molar refractivity (Wildman–Crippen MR) is 154 cm³/mol. The Morgan fingerprint density at radius 2 is 1.70 bits per heavy atom. The SMILES string of the molecule is COc1cc([C@@H]2C(C(=O)OCCc3ccccc3)=C(C)NC3=C2C(=O)C[C@@H](c2cccs2)C3)cc(OC)c1OC. The van der Waals surface area contributed by atoms with Gasteiger partial charge >= 0.3 is 5.97 Å². The van der Waals surface area contributed by atoms with Crippen LogP contribution in [0, 0.1) is 0 Å². The molecule has 8 heteroatoms. The van der Waals surface area contributed by atoms with E-state index in [2.05, 4.69) is 11.4 Å². The second-order valence-electron chi connectivity index (χ2n) is 9.86. The van der Waals surface area contributed by atoms with Crippen LogP contribution in [0.3, 0.4) is 0 Å². The summed E-state index contributed by atoms with van der Waals surface area (Å²) < 4.78 is 22.6. The van der Waals surface area contributed by atoms with Gasteiger partial charge in [0, 0.05) is 46.5 Å². The fourth-order valence-electron chi connectivity index (χ4n) is 5.62. The molecule has 0 fully saturated rings. The van der Waals surface area contributed by atoms with E-state index in [1.54, 1.807) is 32.7 Å². The van der Waals surface area contributed by atoms with Gasteiger partial charge in [-0.15, -0.1) is 11.3 Å². The van der Waals surface area contributed by atoms with E-state index in [4.69, 9.17) is 18.9 Å². The molecular weight excluding hydrogens is 526 g/mol. The van der Waals surface area contributed by atoms with Crippen molar-refractivity contribution >= 4 is 23.1 Å². The van der Waals surface area contributed by atoms with Crippen molar-refractivity contribution in [3.63, 3.8) is 0 Å². The third kappa shape index (κ3) is 5.36. The highest BCUT2D eigenvalue weighted by molar-refractivity contribution is 7.10. The molecule has 5 rings (SSSR count). The third-order valence-corrected chi connectivity index (χ3v) is 8.51. The maximum Gasteiger partial charge on any atom is 0.336 e. The molecule has 0 amide bonds. The Labute approximate surface area is 238 Å². The largest absolute Gasteiger partial charge is 0.493 e. The number of carbonyl (C=O) groups is 2. The number of esters is 1. The van der Waals surface area contributed by atoms with Gasteiger partial charge in [-0.05, 0) is 48.1 Å². The standard InChI is InChI=1S/C32H33NO6S/c1-19-28(32(35)39-13-12-20-9-6-5-7-10-20)29(22-17-25(36-2)31(38-4)26(18-22)37-3)30-23(33-19)15-21(16-24(30)34)27-11-8-14-40-27/h5-11,14,17-18,21,29,33H,12-13,15-16H2,1-4H3/t21-,29+/m0/s1. The molecule has 2 heterocycles. The summed E-state index contributed by atoms with van der Waals surface area (Å²) >= 11 is 1.66. The van der Waals surface area contributed by atoms with Gasteiger partial charge in [-0.3, -0.25) is 4.79 Å². The van der Waals surface area contributed by atoms with Crippen LogP contribution in [-0.4, -0.2) is 39.7 Å². The van der Waals surface area contributed by atoms with E-state index in [1.165, 1.54) is 4.88 Å². The molecular formula is C32H33NO6S. The van der Waals surface area contributed by atoms with Gasteiger partial charge in [-0.2, -0.15) is 0 Å². The highest BCUT2D eigenvalue weighted by atomic mass is 32.1. The number of ketones is 1. The van der Waals surface area contributed by atoms with Crippen LogP contribution in [-0.2, 0) is 20.7 Å². The van der Waals surface area contributed by atoms with Crippen LogP contribution < -0.4 is 19.5 Å². The normalized spacial score (nSPS) is 18.6. The Hall–Kier alpha value is -4.04. The smallest absolute Gasteiger partial charge is 0.336 e. The molecule has 0 saturated heterocycles. The quantitative estimate of drug-likeness (QED) is 0.326. The van der Waals surface area contributed by atoms with Crippen LogP contribution >= 0.6 is 11.3 Å². The number of allylic oxidation sites excluding steroid dienone is 3. The number of ether oxygens (including phenoxy) is 4. The summed E-state index contributed by atoms with van der Waals surface area (Å²) in [6.45, 7) is 2.09. The van der Waals surface area contributed by atoms with E-state index in [1.807, 2.05) is 60.8 Å². The number of Topliss-reactive ketones (excluding diaryl/α,β-unsaturated/α-hetero) is 1. The van der Waals surface area contributed by atoms with Crippen molar-refractivity contribution in [1.29, 1.82) is 0 Å². The van der Waals surface area contributed by atoms with E-state index in [9.17, 15) is 9.59 Å². The molecule has 2 aromatic carbocycles. The summed E-state index contributed by atoms with van der Waals surface area (Å²) in [5.41, 5.74) is 4.28. The maximum absolute atomic E-state index is 13.9. The predicted octanol–water partition coefficient (Wildman–Crippen LogP) is 5.92. The van der Waals surface area contributed by atoms with Gasteiger partial charge in [-0.25, -0.2) is 4.79 Å². The van der Waals surface area contributed by atoms with Crippen molar-refractivity contribution in [3.05, 3.63) is 98.5 Å². The molecule has 3 aromatic rings. The van der Waals surface area contributed by atoms with Crippen LogP contribution in [0.4, 0.5) is 0 Å². The maximum atomic E-state index is 13.9. The van der Waals surface area contributed by atoms with E-state index >= 15 is 0 Å². The fourth-order valence-corrected chi connectivity index (χ4v) is 6.45. The first-order chi connectivity index (χ1) is 19.4. The molecule has 1 aliphatic heterocycles. The summed E-state index contributed by atoms with van der Waals surface area (Å²) in [4.78, 5) is 28.8. The molecule has 0 radical (unpaired) electrons. The Bertz CT molecular complexity index is 1430. The van der Waals surface area contributed by atoms with E-state index in [-0.39, 0.29) is 18.3 Å². The first kappa shape index (κ1) is 27.5. The molecule has 0 saturated carbocycles. The van der Waals surface area contributed by atoms with Crippen molar-refractivity contribution in [2.24, 2.45) is 0 Å². The molecule has 1 aliphatic carbocycles. The average molecular weight is 560 g/mol. The van der Waals surface area contributed by atoms with Crippen molar-refractivity contribution < 1.29 is 28.5 Å². The number of thiophene rings is 1. The van der Waals surface area contributed by atoms with Gasteiger partial charge in [0.05, 0.1) is 33.5 Å². The molecule has 208 valence electrons. The lowest BCUT2D eigenvalue weighted by atomic mass is 9.72. The van der Waals surface area contributed by atoms with Crippen LogP contribution in [0.15, 0.2) is 82.5 Å². The molecule has 1 aromatic heterocycles. The van der Waals surface area contributed by atoms with Crippen LogP contribution in [0.25, 0.3) is 0 Å². The second-order valence-corrected chi connectivity index (χ2v) is 10.8. The number of benzene rings is 2. The van der Waals surface area contributed by atoms with Crippen molar-refractivity contribution in [2.45, 2.75) is 38.0 Å². The van der Waals surface area contributed by atoms with Crippen molar-refractivity contribution in [3.8, 4) is 17.2 Å². The molecule has 7 nitrogen and oxygen atoms in total. The molecule has 0 spiro atoms. The molecule has 1 N–H and O–H groups in total. The molecule has 2 atom stereocenters. The summed E-state index contributed by atoms with van der Waals surface area (Å²) in [5.74, 6) is 0.334. The minimum absolute atomic E-state index is 0.00740. The third-order valence-electron chi connectivity index (χ3n) is 7.48. The Kier molecular flexibility index (Phi) is 8.26. The fraction of sp³-hybridized carbons (Fsp3) is 0.312. The Balaban J connectivity index is 1.55. The number of nitrogens with one attached hydrogen (secondary N) is 1. The van der Waals surface area contributed by atoms with E-state index < -0.39 is 11.9 Å². The van der Waals surface area contributed by atoms with Crippen LogP contribution in [0.5, 0.6) is 17.2 Å². The first-order valence-electron chi connectivity index (χ1n) is 13.2. The zero-order valence-electron chi connectivity index (χ0n) is 23.1. The minimum atomic E-state index is -0.647. The highest BCUT2D eigenvalue weighted by Crippen LogP contribution is 2.49. The van der Waals surface area contributed by atoms with Crippen LogP contribution in [0.2, 0.25) is 0 Å². The van der Waals surface area contributed by atoms with E-state index in [0.29, 0.717) is 58.9 Å². The summed E-state index contributed by atoms with van der Waals surface area (Å²) in [6.07, 6.45) is 1.64. The number of hydrogen-bond acceptors (Lipinski definition) is 8. The molecule has 40 heavy (non-hydrogen) atoms. The molecule has 2 aliphatic rings. The lowest BCUT2D eigenvalue weighted by molar-refractivity contribution is -0.139. The minimum Gasteiger partial charge on any atom is -0.493 e. The summed E-state index contributed by atoms with van der Waals surface area (Å²) in [7, 11) is 4.64. The van der Waals surface area contributed by atoms with Gasteiger partial charge in [0.1, 0.15) is 0 Å². The van der Waals surface area contributed by atoms with Gasteiger partial charge in [0.25, 0.3) is 0 Å². The van der Waals surface area contributed by atoms with Gasteiger partial charge in [-0.1, -0.05) is 36.4 Å². The Morgan fingerprint density at radius 3 is 2.33 bits per heavy atom. The average Bonchev–Trinajstić information content (AvgIpc) is 3.51. The van der Waals surface area contributed by atoms with E-state index in [0.717, 1.165) is 11.3 Å². The number of rotatable bonds is 9. The van der Waals surface area contributed by atoms with Gasteiger partial charge in [0.2, 0.25) is 5.75 Å². The topological polar surface area (TPSA) is 83.1 Å². The number of dihydropyridines is 1. The summed E-state index contributed by atoms with van der Waals surface area (Å²) in [6, 6.07) is 17.6. The lowest BCUT2D eigenvalue weighted by Gasteiger charge is -2.36. The summed E-state index contributed by atoms with van der Waals surface area (Å²) in [5, 5.41) is 5.45. The molecule has 0 unspecified atom stereocenters. The Morgan fingerprint density at radius 1 is 0.975 bits per heavy atom. The lowest BCUT2D eigenvalue weighted by Crippen LogP contribution is -2.36. The monoisotopic (exact) mass is 559 g/mol. The van der Waals surface area contributed by atoms with Crippen molar-refractivity contribution in [1.82, 2.24) is 5.32 Å². The number of hydrogen-bond donors (Lipinski definition) is 1. The molecule has 0 bridgehead atoms. The first-order valence-corrected chi connectivity index (χ1v) is 14.1. The zero-order chi connectivity index (χ0) is 28.2. The van der Waals surface area contributed by atoms with Crippen LogP contribution in [0.1, 0.15) is 47.6 Å². The second kappa shape index (κ2) is 12.0. The number of methoxy groups -OCH3 is 3.